The van der Waals surface area contributed by atoms with Crippen molar-refractivity contribution in [1.82, 2.24) is 0 Å². The zero-order valence-electron chi connectivity index (χ0n) is 11.6. The molecule has 0 rings (SSSR count). The molecule has 0 fully saturated rings. The van der Waals surface area contributed by atoms with E-state index in [4.69, 9.17) is 25.2 Å². The Kier molecular flexibility index (Phi) is 11.0. The van der Waals surface area contributed by atoms with Crippen molar-refractivity contribution in [3.63, 3.8) is 0 Å². The number of nitrogens with two attached hydrogens (primary N) is 1. The van der Waals surface area contributed by atoms with E-state index in [2.05, 4.69) is 6.07 Å². The van der Waals surface area contributed by atoms with Crippen LogP contribution in [0.3, 0.4) is 0 Å². The summed E-state index contributed by atoms with van der Waals surface area (Å²) in [6, 6.07) is 2.14. The number of nitriles is 1. The molecule has 0 aliphatic carbocycles. The van der Waals surface area contributed by atoms with Crippen molar-refractivity contribution in [2.75, 3.05) is 40.1 Å². The van der Waals surface area contributed by atoms with Gasteiger partial charge in [0.2, 0.25) is 0 Å². The smallest absolute Gasteiger partial charge is 0.104 e. The normalized spacial score (nSPS) is 14.1. The van der Waals surface area contributed by atoms with Gasteiger partial charge in [-0.25, -0.2) is 0 Å². The molecule has 0 saturated heterocycles. The second-order valence-electron chi connectivity index (χ2n) is 4.30. The van der Waals surface area contributed by atoms with E-state index in [1.54, 1.807) is 7.11 Å². The molecule has 0 bridgehead atoms. The molecular weight excluding hydrogens is 232 g/mol. The average molecular weight is 258 g/mol. The van der Waals surface area contributed by atoms with E-state index in [0.29, 0.717) is 39.3 Å². The summed E-state index contributed by atoms with van der Waals surface area (Å²) in [6.45, 7) is 5.17. The first-order chi connectivity index (χ1) is 8.68. The summed E-state index contributed by atoms with van der Waals surface area (Å²) in [5.41, 5.74) is 5.16. The Labute approximate surface area is 110 Å². The molecule has 0 spiro atoms. The quantitative estimate of drug-likeness (QED) is 0.536. The molecular formula is C13H26N2O3. The molecule has 0 aromatic rings. The van der Waals surface area contributed by atoms with Gasteiger partial charge in [0.05, 0.1) is 19.3 Å². The molecule has 0 saturated carbocycles. The van der Waals surface area contributed by atoms with Crippen molar-refractivity contribution in [3.8, 4) is 6.07 Å². The first-order valence-electron chi connectivity index (χ1n) is 6.53. The third-order valence-corrected chi connectivity index (χ3v) is 2.77. The molecule has 0 aliphatic rings. The van der Waals surface area contributed by atoms with Crippen molar-refractivity contribution >= 4 is 0 Å². The molecule has 2 N–H and O–H groups in total. The van der Waals surface area contributed by atoms with Crippen molar-refractivity contribution in [2.45, 2.75) is 38.1 Å². The molecule has 0 aromatic carbocycles. The van der Waals surface area contributed by atoms with Gasteiger partial charge in [0, 0.05) is 26.9 Å². The summed E-state index contributed by atoms with van der Waals surface area (Å²) in [6.07, 6.45) is 3.06. The number of hydrogen-bond donors (Lipinski definition) is 1. The second kappa shape index (κ2) is 11.4. The minimum absolute atomic E-state index is 0.587. The van der Waals surface area contributed by atoms with Crippen LogP contribution >= 0.6 is 0 Å². The minimum Gasteiger partial charge on any atom is -0.385 e. The highest BCUT2D eigenvalue weighted by Gasteiger charge is 2.20. The summed E-state index contributed by atoms with van der Waals surface area (Å²) in [7, 11) is 1.68. The van der Waals surface area contributed by atoms with Crippen molar-refractivity contribution in [3.05, 3.63) is 0 Å². The van der Waals surface area contributed by atoms with Crippen LogP contribution in [0.25, 0.3) is 0 Å². The maximum absolute atomic E-state index is 8.88. The van der Waals surface area contributed by atoms with E-state index in [1.165, 1.54) is 0 Å². The molecule has 0 aromatic heterocycles. The topological polar surface area (TPSA) is 77.5 Å². The van der Waals surface area contributed by atoms with Crippen LogP contribution in [0, 0.1) is 11.3 Å². The Morgan fingerprint density at radius 2 is 1.67 bits per heavy atom. The summed E-state index contributed by atoms with van der Waals surface area (Å²) in [4.78, 5) is 0. The van der Waals surface area contributed by atoms with Crippen LogP contribution < -0.4 is 5.73 Å². The van der Waals surface area contributed by atoms with E-state index < -0.39 is 5.54 Å². The van der Waals surface area contributed by atoms with Gasteiger partial charge in [0.25, 0.3) is 0 Å². The Hall–Kier alpha value is -0.670. The Morgan fingerprint density at radius 1 is 1.06 bits per heavy atom. The molecule has 0 amide bonds. The number of ether oxygens (including phenoxy) is 3. The highest BCUT2D eigenvalue weighted by molar-refractivity contribution is 5.03. The number of rotatable bonds is 12. The van der Waals surface area contributed by atoms with Gasteiger partial charge in [0.15, 0.2) is 0 Å². The molecule has 106 valence electrons. The van der Waals surface area contributed by atoms with Crippen LogP contribution in [0.2, 0.25) is 0 Å². The predicted octanol–water partition coefficient (Wildman–Crippen LogP) is 1.47. The zero-order chi connectivity index (χ0) is 13.7. The number of methoxy groups -OCH3 is 1. The molecule has 1 unspecified atom stereocenters. The average Bonchev–Trinajstić information content (AvgIpc) is 2.40. The largest absolute Gasteiger partial charge is 0.385 e. The third-order valence-electron chi connectivity index (χ3n) is 2.77. The molecule has 18 heavy (non-hydrogen) atoms. The van der Waals surface area contributed by atoms with Crippen molar-refractivity contribution in [1.29, 1.82) is 5.26 Å². The maximum Gasteiger partial charge on any atom is 0.104 e. The number of nitrogens with zero attached hydrogens (tertiary/aromatic N) is 1. The first kappa shape index (κ1) is 17.3. The van der Waals surface area contributed by atoms with Gasteiger partial charge >= 0.3 is 0 Å². The van der Waals surface area contributed by atoms with Crippen LogP contribution in [0.1, 0.15) is 32.6 Å². The molecule has 5 nitrogen and oxygen atoms in total. The van der Waals surface area contributed by atoms with Gasteiger partial charge in [-0.2, -0.15) is 5.26 Å². The van der Waals surface area contributed by atoms with Crippen molar-refractivity contribution < 1.29 is 14.2 Å². The fourth-order valence-electron chi connectivity index (χ4n) is 1.43. The Morgan fingerprint density at radius 3 is 2.17 bits per heavy atom. The van der Waals surface area contributed by atoms with E-state index in [9.17, 15) is 0 Å². The Balaban J connectivity index is 3.24. The minimum atomic E-state index is -0.694. The zero-order valence-corrected chi connectivity index (χ0v) is 11.6. The summed E-state index contributed by atoms with van der Waals surface area (Å²) in [5.74, 6) is 0. The SMILES string of the molecule is CCC(N)(C#N)CCCOCCOCCCOC. The van der Waals surface area contributed by atoms with Crippen LogP contribution in [0.5, 0.6) is 0 Å². The second-order valence-corrected chi connectivity index (χ2v) is 4.30. The van der Waals surface area contributed by atoms with E-state index in [0.717, 1.165) is 19.4 Å². The van der Waals surface area contributed by atoms with Gasteiger partial charge in [-0.3, -0.25) is 0 Å². The van der Waals surface area contributed by atoms with Crippen LogP contribution in [-0.2, 0) is 14.2 Å². The van der Waals surface area contributed by atoms with Gasteiger partial charge in [-0.1, -0.05) is 6.92 Å². The van der Waals surface area contributed by atoms with Crippen LogP contribution in [0.4, 0.5) is 0 Å². The lowest BCUT2D eigenvalue weighted by Gasteiger charge is -2.18. The number of hydrogen-bond acceptors (Lipinski definition) is 5. The fraction of sp³-hybridized carbons (Fsp3) is 0.923. The summed E-state index contributed by atoms with van der Waals surface area (Å²) >= 11 is 0. The predicted molar refractivity (Wildman–Crippen MR) is 70.2 cm³/mol. The van der Waals surface area contributed by atoms with Gasteiger partial charge < -0.3 is 19.9 Å². The molecule has 0 aliphatic heterocycles. The van der Waals surface area contributed by atoms with Crippen LogP contribution in [0.15, 0.2) is 0 Å². The molecule has 0 radical (unpaired) electrons. The molecule has 0 heterocycles. The molecule has 1 atom stereocenters. The van der Waals surface area contributed by atoms with E-state index >= 15 is 0 Å². The first-order valence-corrected chi connectivity index (χ1v) is 6.53. The van der Waals surface area contributed by atoms with Crippen molar-refractivity contribution in [2.24, 2.45) is 5.73 Å². The lowest BCUT2D eigenvalue weighted by molar-refractivity contribution is 0.0380. The summed E-state index contributed by atoms with van der Waals surface area (Å²) < 4.78 is 15.7. The van der Waals surface area contributed by atoms with Gasteiger partial charge in [-0.15, -0.1) is 0 Å². The Bertz CT molecular complexity index is 231. The van der Waals surface area contributed by atoms with E-state index in [1.807, 2.05) is 6.92 Å². The molecule has 5 heteroatoms. The lowest BCUT2D eigenvalue weighted by Crippen LogP contribution is -2.37. The monoisotopic (exact) mass is 258 g/mol. The lowest BCUT2D eigenvalue weighted by atomic mass is 9.94. The van der Waals surface area contributed by atoms with Gasteiger partial charge in [-0.05, 0) is 25.7 Å². The maximum atomic E-state index is 8.88. The summed E-state index contributed by atoms with van der Waals surface area (Å²) in [5, 5.41) is 8.88. The van der Waals surface area contributed by atoms with Gasteiger partial charge in [0.1, 0.15) is 5.54 Å². The highest BCUT2D eigenvalue weighted by Crippen LogP contribution is 2.12. The highest BCUT2D eigenvalue weighted by atomic mass is 16.5. The fourth-order valence-corrected chi connectivity index (χ4v) is 1.43. The van der Waals surface area contributed by atoms with E-state index in [-0.39, 0.29) is 0 Å². The standard InChI is InChI=1S/C13H26N2O3/c1-3-13(15,12-14)6-4-8-17-10-11-18-9-5-7-16-2/h3-11,15H2,1-2H3. The van der Waals surface area contributed by atoms with Crippen LogP contribution in [-0.4, -0.2) is 45.7 Å². The third kappa shape index (κ3) is 9.37.